The summed E-state index contributed by atoms with van der Waals surface area (Å²) in [6.45, 7) is 2.87. The summed E-state index contributed by atoms with van der Waals surface area (Å²) in [5, 5.41) is 5.54. The molecule has 112 valence electrons. The van der Waals surface area contributed by atoms with E-state index in [-0.39, 0.29) is 11.8 Å². The Labute approximate surface area is 128 Å². The minimum atomic E-state index is -0.213. The number of aryl methyl sites for hydroxylation is 1. The lowest BCUT2D eigenvalue weighted by Crippen LogP contribution is -2.24. The van der Waals surface area contributed by atoms with Gasteiger partial charge in [-0.1, -0.05) is 17.7 Å². The Kier molecular flexibility index (Phi) is 3.78. The molecule has 0 saturated heterocycles. The predicted molar refractivity (Wildman–Crippen MR) is 83.4 cm³/mol. The van der Waals surface area contributed by atoms with Crippen LogP contribution in [0.4, 0.5) is 5.69 Å². The van der Waals surface area contributed by atoms with Crippen molar-refractivity contribution in [2.24, 2.45) is 0 Å². The molecule has 2 amide bonds. The van der Waals surface area contributed by atoms with Crippen LogP contribution >= 0.6 is 0 Å². The van der Waals surface area contributed by atoms with E-state index in [4.69, 9.17) is 4.74 Å². The van der Waals surface area contributed by atoms with Gasteiger partial charge in [-0.05, 0) is 37.3 Å². The second-order valence-electron chi connectivity index (χ2n) is 5.14. The molecule has 0 atom stereocenters. The standard InChI is InChI=1S/C17H16N2O3/c1-11-2-4-12(5-3-11)16(20)19-13-6-7-15-14(10-13)17(21)18-8-9-22-15/h2-7,10H,8-9H2,1H3,(H,18,21)(H,19,20). The first-order valence-electron chi connectivity index (χ1n) is 7.06. The fraction of sp³-hybridized carbons (Fsp3) is 0.176. The molecule has 1 aliphatic heterocycles. The number of rotatable bonds is 2. The number of benzene rings is 2. The number of hydrogen-bond donors (Lipinski definition) is 2. The van der Waals surface area contributed by atoms with Crippen LogP contribution in [0.25, 0.3) is 0 Å². The molecule has 2 aromatic rings. The number of nitrogens with one attached hydrogen (secondary N) is 2. The Morgan fingerprint density at radius 1 is 1.18 bits per heavy atom. The zero-order valence-electron chi connectivity index (χ0n) is 12.2. The minimum Gasteiger partial charge on any atom is -0.491 e. The van der Waals surface area contributed by atoms with Gasteiger partial charge in [-0.15, -0.1) is 0 Å². The van der Waals surface area contributed by atoms with Crippen LogP contribution in [0.2, 0.25) is 0 Å². The van der Waals surface area contributed by atoms with Crippen LogP contribution in [0, 0.1) is 6.92 Å². The molecule has 5 nitrogen and oxygen atoms in total. The maximum atomic E-state index is 12.2. The topological polar surface area (TPSA) is 67.4 Å². The largest absolute Gasteiger partial charge is 0.491 e. The molecule has 0 fully saturated rings. The van der Waals surface area contributed by atoms with Crippen molar-refractivity contribution in [3.05, 3.63) is 59.2 Å². The van der Waals surface area contributed by atoms with E-state index in [0.717, 1.165) is 5.56 Å². The molecule has 1 aliphatic rings. The van der Waals surface area contributed by atoms with Crippen LogP contribution < -0.4 is 15.4 Å². The van der Waals surface area contributed by atoms with Crippen molar-refractivity contribution in [2.45, 2.75) is 6.92 Å². The smallest absolute Gasteiger partial charge is 0.255 e. The van der Waals surface area contributed by atoms with Gasteiger partial charge in [0.05, 0.1) is 12.1 Å². The molecule has 0 saturated carbocycles. The van der Waals surface area contributed by atoms with Gasteiger partial charge in [-0.2, -0.15) is 0 Å². The number of anilines is 1. The summed E-state index contributed by atoms with van der Waals surface area (Å²) in [5.74, 6) is 0.122. The fourth-order valence-electron chi connectivity index (χ4n) is 2.24. The van der Waals surface area contributed by atoms with E-state index in [1.54, 1.807) is 30.3 Å². The number of amides is 2. The summed E-state index contributed by atoms with van der Waals surface area (Å²) in [4.78, 5) is 24.1. The van der Waals surface area contributed by atoms with Crippen molar-refractivity contribution in [3.8, 4) is 5.75 Å². The summed E-state index contributed by atoms with van der Waals surface area (Å²) in [7, 11) is 0. The average molecular weight is 296 g/mol. The van der Waals surface area contributed by atoms with Crippen molar-refractivity contribution in [2.75, 3.05) is 18.5 Å². The second kappa shape index (κ2) is 5.89. The summed E-state index contributed by atoms with van der Waals surface area (Å²) < 4.78 is 5.48. The predicted octanol–water partition coefficient (Wildman–Crippen LogP) is 2.37. The maximum Gasteiger partial charge on any atom is 0.255 e. The molecule has 3 rings (SSSR count). The van der Waals surface area contributed by atoms with Crippen LogP contribution in [0.1, 0.15) is 26.3 Å². The third kappa shape index (κ3) is 2.93. The average Bonchev–Trinajstić information content (AvgIpc) is 2.70. The molecule has 0 aliphatic carbocycles. The van der Waals surface area contributed by atoms with Crippen molar-refractivity contribution in [1.82, 2.24) is 5.32 Å². The number of carbonyl (C=O) groups excluding carboxylic acids is 2. The van der Waals surface area contributed by atoms with Gasteiger partial charge in [0, 0.05) is 11.3 Å². The van der Waals surface area contributed by atoms with Crippen LogP contribution in [0.3, 0.4) is 0 Å². The molecule has 5 heteroatoms. The molecule has 1 heterocycles. The van der Waals surface area contributed by atoms with E-state index in [1.165, 1.54) is 0 Å². The van der Waals surface area contributed by atoms with E-state index in [9.17, 15) is 9.59 Å². The first-order chi connectivity index (χ1) is 10.6. The van der Waals surface area contributed by atoms with Crippen LogP contribution in [-0.4, -0.2) is 25.0 Å². The highest BCUT2D eigenvalue weighted by Crippen LogP contribution is 2.24. The minimum absolute atomic E-state index is 0.195. The zero-order valence-corrected chi connectivity index (χ0v) is 12.2. The molecule has 22 heavy (non-hydrogen) atoms. The summed E-state index contributed by atoms with van der Waals surface area (Å²) in [6, 6.07) is 12.4. The van der Waals surface area contributed by atoms with Gasteiger partial charge in [-0.3, -0.25) is 9.59 Å². The first-order valence-corrected chi connectivity index (χ1v) is 7.06. The quantitative estimate of drug-likeness (QED) is 0.894. The third-order valence-electron chi connectivity index (χ3n) is 3.44. The molecule has 0 radical (unpaired) electrons. The lowest BCUT2D eigenvalue weighted by molar-refractivity contribution is 0.0955. The number of ether oxygens (including phenoxy) is 1. The Morgan fingerprint density at radius 2 is 1.95 bits per heavy atom. The Bertz CT molecular complexity index is 723. The van der Waals surface area contributed by atoms with Gasteiger partial charge in [0.25, 0.3) is 11.8 Å². The van der Waals surface area contributed by atoms with E-state index in [0.29, 0.717) is 35.7 Å². The molecular weight excluding hydrogens is 280 g/mol. The van der Waals surface area contributed by atoms with Crippen LogP contribution in [-0.2, 0) is 0 Å². The first kappa shape index (κ1) is 14.1. The SMILES string of the molecule is Cc1ccc(C(=O)Nc2ccc3c(c2)C(=O)NCCO3)cc1. The molecule has 2 N–H and O–H groups in total. The van der Waals surface area contributed by atoms with E-state index < -0.39 is 0 Å². The van der Waals surface area contributed by atoms with Gasteiger partial charge in [-0.25, -0.2) is 0 Å². The summed E-state index contributed by atoms with van der Waals surface area (Å²) in [6.07, 6.45) is 0. The summed E-state index contributed by atoms with van der Waals surface area (Å²) >= 11 is 0. The van der Waals surface area contributed by atoms with E-state index >= 15 is 0 Å². The molecule has 0 spiro atoms. The van der Waals surface area contributed by atoms with Gasteiger partial charge < -0.3 is 15.4 Å². The maximum absolute atomic E-state index is 12.2. The lowest BCUT2D eigenvalue weighted by Gasteiger charge is -2.09. The zero-order chi connectivity index (χ0) is 15.5. The van der Waals surface area contributed by atoms with Crippen LogP contribution in [0.15, 0.2) is 42.5 Å². The van der Waals surface area contributed by atoms with Gasteiger partial charge in [0.15, 0.2) is 0 Å². The van der Waals surface area contributed by atoms with Gasteiger partial charge in [0.1, 0.15) is 12.4 Å². The van der Waals surface area contributed by atoms with Gasteiger partial charge >= 0.3 is 0 Å². The van der Waals surface area contributed by atoms with E-state index in [1.807, 2.05) is 19.1 Å². The highest BCUT2D eigenvalue weighted by molar-refractivity contribution is 6.05. The molecule has 0 bridgehead atoms. The Hall–Kier alpha value is -2.82. The third-order valence-corrected chi connectivity index (χ3v) is 3.44. The fourth-order valence-corrected chi connectivity index (χ4v) is 2.24. The van der Waals surface area contributed by atoms with Gasteiger partial charge in [0.2, 0.25) is 0 Å². The summed E-state index contributed by atoms with van der Waals surface area (Å²) in [5.41, 5.74) is 2.65. The number of hydrogen-bond acceptors (Lipinski definition) is 3. The van der Waals surface area contributed by atoms with Crippen molar-refractivity contribution in [3.63, 3.8) is 0 Å². The highest BCUT2D eigenvalue weighted by atomic mass is 16.5. The second-order valence-corrected chi connectivity index (χ2v) is 5.14. The normalized spacial score (nSPS) is 13.4. The van der Waals surface area contributed by atoms with E-state index in [2.05, 4.69) is 10.6 Å². The van der Waals surface area contributed by atoms with Crippen LogP contribution in [0.5, 0.6) is 5.75 Å². The molecular formula is C17H16N2O3. The van der Waals surface area contributed by atoms with Crippen molar-refractivity contribution < 1.29 is 14.3 Å². The number of carbonyl (C=O) groups is 2. The van der Waals surface area contributed by atoms with Crippen molar-refractivity contribution >= 4 is 17.5 Å². The monoisotopic (exact) mass is 296 g/mol. The number of fused-ring (bicyclic) bond motifs is 1. The lowest BCUT2D eigenvalue weighted by atomic mass is 10.1. The highest BCUT2D eigenvalue weighted by Gasteiger charge is 2.17. The molecule has 0 aromatic heterocycles. The Morgan fingerprint density at radius 3 is 2.73 bits per heavy atom. The molecule has 2 aromatic carbocycles. The van der Waals surface area contributed by atoms with Crippen molar-refractivity contribution in [1.29, 1.82) is 0 Å². The Balaban J connectivity index is 1.82. The molecule has 0 unspecified atom stereocenters.